The van der Waals surface area contributed by atoms with E-state index in [0.29, 0.717) is 10.2 Å². The van der Waals surface area contributed by atoms with Gasteiger partial charge in [-0.1, -0.05) is 24.3 Å². The zero-order valence-corrected chi connectivity index (χ0v) is 13.1. The van der Waals surface area contributed by atoms with E-state index in [0.717, 1.165) is 5.56 Å². The topological polar surface area (TPSA) is 37.4 Å². The standard InChI is InChI=1S/C14H14BrNO2S/c1-11-6-5-7-12(10-11)16(2)19(17,18)14-9-4-3-8-13(14)15/h3-10H,1-2H3. The van der Waals surface area contributed by atoms with Crippen LogP contribution in [0, 0.1) is 6.92 Å². The molecule has 0 aliphatic rings. The molecule has 100 valence electrons. The van der Waals surface area contributed by atoms with E-state index in [4.69, 9.17) is 0 Å². The van der Waals surface area contributed by atoms with E-state index >= 15 is 0 Å². The van der Waals surface area contributed by atoms with E-state index in [-0.39, 0.29) is 4.90 Å². The van der Waals surface area contributed by atoms with Crippen LogP contribution < -0.4 is 4.31 Å². The van der Waals surface area contributed by atoms with Crippen molar-refractivity contribution in [3.05, 3.63) is 58.6 Å². The van der Waals surface area contributed by atoms with Crippen LogP contribution >= 0.6 is 15.9 Å². The van der Waals surface area contributed by atoms with Crippen LogP contribution in [0.3, 0.4) is 0 Å². The summed E-state index contributed by atoms with van der Waals surface area (Å²) >= 11 is 3.28. The van der Waals surface area contributed by atoms with Gasteiger partial charge in [-0.2, -0.15) is 0 Å². The number of hydrogen-bond acceptors (Lipinski definition) is 2. The summed E-state index contributed by atoms with van der Waals surface area (Å²) in [4.78, 5) is 0.263. The Kier molecular flexibility index (Phi) is 3.96. The van der Waals surface area contributed by atoms with Crippen LogP contribution in [-0.2, 0) is 10.0 Å². The molecule has 19 heavy (non-hydrogen) atoms. The van der Waals surface area contributed by atoms with Crippen molar-refractivity contribution >= 4 is 31.6 Å². The Balaban J connectivity index is 2.49. The van der Waals surface area contributed by atoms with Gasteiger partial charge < -0.3 is 0 Å². The highest BCUT2D eigenvalue weighted by atomic mass is 79.9. The van der Waals surface area contributed by atoms with E-state index in [1.165, 1.54) is 4.31 Å². The molecule has 0 saturated carbocycles. The van der Waals surface area contributed by atoms with Gasteiger partial charge in [0.15, 0.2) is 0 Å². The van der Waals surface area contributed by atoms with Crippen LogP contribution in [0.5, 0.6) is 0 Å². The van der Waals surface area contributed by atoms with E-state index in [9.17, 15) is 8.42 Å². The first kappa shape index (κ1) is 14.1. The number of aryl methyl sites for hydroxylation is 1. The molecule has 0 aliphatic heterocycles. The average molecular weight is 340 g/mol. The molecule has 0 heterocycles. The fourth-order valence-corrected chi connectivity index (χ4v) is 3.91. The summed E-state index contributed by atoms with van der Waals surface area (Å²) in [5.41, 5.74) is 1.67. The fourth-order valence-electron chi connectivity index (χ4n) is 1.76. The molecule has 2 aromatic rings. The molecule has 5 heteroatoms. The summed E-state index contributed by atoms with van der Waals surface area (Å²) in [5.74, 6) is 0. The third kappa shape index (κ3) is 2.82. The predicted octanol–water partition coefficient (Wildman–Crippen LogP) is 3.58. The minimum absolute atomic E-state index is 0.263. The number of sulfonamides is 1. The van der Waals surface area contributed by atoms with E-state index in [1.54, 1.807) is 37.4 Å². The first-order chi connectivity index (χ1) is 8.93. The van der Waals surface area contributed by atoms with Crippen molar-refractivity contribution < 1.29 is 8.42 Å². The second-order valence-corrected chi connectivity index (χ2v) is 7.03. The molecule has 2 aromatic carbocycles. The lowest BCUT2D eigenvalue weighted by Gasteiger charge is -2.20. The van der Waals surface area contributed by atoms with E-state index in [2.05, 4.69) is 15.9 Å². The first-order valence-corrected chi connectivity index (χ1v) is 7.96. The normalized spacial score (nSPS) is 11.3. The molecule has 0 atom stereocenters. The second kappa shape index (κ2) is 5.35. The molecule has 0 aromatic heterocycles. The van der Waals surface area contributed by atoms with Crippen molar-refractivity contribution in [2.45, 2.75) is 11.8 Å². The number of rotatable bonds is 3. The lowest BCUT2D eigenvalue weighted by atomic mass is 10.2. The number of anilines is 1. The minimum Gasteiger partial charge on any atom is -0.269 e. The molecular formula is C14H14BrNO2S. The lowest BCUT2D eigenvalue weighted by molar-refractivity contribution is 0.594. The summed E-state index contributed by atoms with van der Waals surface area (Å²) in [6.07, 6.45) is 0. The molecule has 0 unspecified atom stereocenters. The quantitative estimate of drug-likeness (QED) is 0.856. The van der Waals surface area contributed by atoms with Gasteiger partial charge >= 0.3 is 0 Å². The summed E-state index contributed by atoms with van der Waals surface area (Å²) < 4.78 is 27.0. The molecule has 0 amide bonds. The third-order valence-electron chi connectivity index (χ3n) is 2.84. The maximum atomic E-state index is 12.6. The van der Waals surface area contributed by atoms with E-state index < -0.39 is 10.0 Å². The Morgan fingerprint density at radius 3 is 2.37 bits per heavy atom. The van der Waals surface area contributed by atoms with Gasteiger partial charge in [0.1, 0.15) is 4.90 Å². The molecule has 0 aliphatic carbocycles. The van der Waals surface area contributed by atoms with Crippen molar-refractivity contribution in [2.75, 3.05) is 11.4 Å². The van der Waals surface area contributed by atoms with Crippen molar-refractivity contribution in [1.29, 1.82) is 0 Å². The van der Waals surface area contributed by atoms with Gasteiger partial charge in [0.25, 0.3) is 10.0 Å². The molecule has 0 bridgehead atoms. The van der Waals surface area contributed by atoms with Gasteiger partial charge in [-0.3, -0.25) is 4.31 Å². The summed E-state index contributed by atoms with van der Waals surface area (Å²) in [5, 5.41) is 0. The van der Waals surface area contributed by atoms with Crippen LogP contribution in [0.2, 0.25) is 0 Å². The van der Waals surface area contributed by atoms with Gasteiger partial charge in [-0.15, -0.1) is 0 Å². The molecule has 0 saturated heterocycles. The fraction of sp³-hybridized carbons (Fsp3) is 0.143. The van der Waals surface area contributed by atoms with Gasteiger partial charge in [-0.05, 0) is 52.7 Å². The summed E-state index contributed by atoms with van der Waals surface area (Å²) in [7, 11) is -1.99. The number of benzene rings is 2. The predicted molar refractivity (Wildman–Crippen MR) is 80.9 cm³/mol. The highest BCUT2D eigenvalue weighted by Gasteiger charge is 2.23. The lowest BCUT2D eigenvalue weighted by Crippen LogP contribution is -2.26. The van der Waals surface area contributed by atoms with Crippen LogP contribution in [-0.4, -0.2) is 15.5 Å². The van der Waals surface area contributed by atoms with Crippen molar-refractivity contribution in [3.63, 3.8) is 0 Å². The maximum Gasteiger partial charge on any atom is 0.265 e. The Labute approximate surface area is 122 Å². The van der Waals surface area contributed by atoms with Gasteiger partial charge in [0, 0.05) is 11.5 Å². The zero-order chi connectivity index (χ0) is 14.0. The molecule has 3 nitrogen and oxygen atoms in total. The molecule has 0 spiro atoms. The van der Waals surface area contributed by atoms with Crippen molar-refractivity contribution in [1.82, 2.24) is 0 Å². The van der Waals surface area contributed by atoms with Crippen LogP contribution in [0.15, 0.2) is 57.9 Å². The highest BCUT2D eigenvalue weighted by Crippen LogP contribution is 2.27. The summed E-state index contributed by atoms with van der Waals surface area (Å²) in [6.45, 7) is 1.93. The smallest absolute Gasteiger partial charge is 0.265 e. The Bertz CT molecular complexity index is 698. The van der Waals surface area contributed by atoms with Crippen molar-refractivity contribution in [2.24, 2.45) is 0 Å². The van der Waals surface area contributed by atoms with E-state index in [1.807, 2.05) is 25.1 Å². The third-order valence-corrected chi connectivity index (χ3v) is 5.64. The van der Waals surface area contributed by atoms with Crippen LogP contribution in [0.25, 0.3) is 0 Å². The molecular weight excluding hydrogens is 326 g/mol. The molecule has 2 rings (SSSR count). The average Bonchev–Trinajstić information content (AvgIpc) is 2.38. The zero-order valence-electron chi connectivity index (χ0n) is 10.7. The second-order valence-electron chi connectivity index (χ2n) is 4.24. The molecule has 0 fully saturated rings. The molecule has 0 N–H and O–H groups in total. The van der Waals surface area contributed by atoms with Gasteiger partial charge in [0.05, 0.1) is 5.69 Å². The number of nitrogens with zero attached hydrogens (tertiary/aromatic N) is 1. The Morgan fingerprint density at radius 1 is 1.05 bits per heavy atom. The number of hydrogen-bond donors (Lipinski definition) is 0. The Hall–Kier alpha value is -1.33. The van der Waals surface area contributed by atoms with Crippen LogP contribution in [0.4, 0.5) is 5.69 Å². The summed E-state index contributed by atoms with van der Waals surface area (Å²) in [6, 6.07) is 14.2. The van der Waals surface area contributed by atoms with Crippen LogP contribution in [0.1, 0.15) is 5.56 Å². The minimum atomic E-state index is -3.55. The SMILES string of the molecule is Cc1cccc(N(C)S(=O)(=O)c2ccccc2Br)c1. The Morgan fingerprint density at radius 2 is 1.74 bits per heavy atom. The number of halogens is 1. The molecule has 0 radical (unpaired) electrons. The first-order valence-electron chi connectivity index (χ1n) is 5.73. The highest BCUT2D eigenvalue weighted by molar-refractivity contribution is 9.10. The largest absolute Gasteiger partial charge is 0.269 e. The van der Waals surface area contributed by atoms with Gasteiger partial charge in [0.2, 0.25) is 0 Å². The van der Waals surface area contributed by atoms with Crippen molar-refractivity contribution in [3.8, 4) is 0 Å². The monoisotopic (exact) mass is 339 g/mol. The maximum absolute atomic E-state index is 12.6. The van der Waals surface area contributed by atoms with Gasteiger partial charge in [-0.25, -0.2) is 8.42 Å².